The van der Waals surface area contributed by atoms with E-state index >= 15 is 0 Å². The summed E-state index contributed by atoms with van der Waals surface area (Å²) < 4.78 is 5.78. The molecule has 0 spiro atoms. The molecule has 1 amide bonds. The number of Topliss-reactive ketones (excluding diaryl/α,β-unsaturated/α-hetero) is 2. The zero-order chi connectivity index (χ0) is 27.5. The molecule has 2 aromatic carbocycles. The first-order valence-corrected chi connectivity index (χ1v) is 12.4. The summed E-state index contributed by atoms with van der Waals surface area (Å²) in [5.74, 6) is -2.75. The molecule has 0 unspecified atom stereocenters. The highest BCUT2D eigenvalue weighted by Crippen LogP contribution is 2.57. The molecule has 2 heterocycles. The van der Waals surface area contributed by atoms with Crippen LogP contribution in [-0.4, -0.2) is 46.6 Å². The van der Waals surface area contributed by atoms with Crippen LogP contribution in [0.25, 0.3) is 0 Å². The summed E-state index contributed by atoms with van der Waals surface area (Å²) in [6.07, 6.45) is 2.13. The molecule has 3 N–H and O–H groups in total. The monoisotopic (exact) mass is 516 g/mol. The highest BCUT2D eigenvalue weighted by molar-refractivity contribution is 6.31. The third-order valence-electron chi connectivity index (χ3n) is 7.68. The van der Waals surface area contributed by atoms with Gasteiger partial charge in [-0.05, 0) is 45.7 Å². The molecule has 3 aliphatic rings. The Kier molecular flexibility index (Phi) is 5.89. The van der Waals surface area contributed by atoms with Crippen LogP contribution in [0.5, 0.6) is 17.2 Å². The molecular formula is C29H28N2O7. The normalized spacial score (nSPS) is 20.8. The van der Waals surface area contributed by atoms with Gasteiger partial charge in [0.25, 0.3) is 0 Å². The number of hydrogen-bond donors (Lipinski definition) is 3. The molecule has 0 radical (unpaired) electrons. The third-order valence-corrected chi connectivity index (χ3v) is 7.68. The Morgan fingerprint density at radius 2 is 1.84 bits per heavy atom. The summed E-state index contributed by atoms with van der Waals surface area (Å²) >= 11 is 0. The predicted octanol–water partition coefficient (Wildman–Crippen LogP) is 3.14. The minimum atomic E-state index is -1.58. The van der Waals surface area contributed by atoms with Crippen LogP contribution in [0.15, 0.2) is 47.4 Å². The quantitative estimate of drug-likeness (QED) is 0.314. The maximum atomic E-state index is 13.8. The first-order valence-electron chi connectivity index (χ1n) is 12.4. The number of nitrogens with one attached hydrogen (secondary N) is 1. The van der Waals surface area contributed by atoms with E-state index in [2.05, 4.69) is 5.32 Å². The minimum absolute atomic E-state index is 0.0234. The molecule has 9 heteroatoms. The first kappa shape index (κ1) is 25.3. The number of ether oxygens (including phenoxy) is 1. The number of phenolic OH excluding ortho intramolecular Hbond substituents is 2. The van der Waals surface area contributed by atoms with Crippen LogP contribution in [0.3, 0.4) is 0 Å². The molecule has 1 atom stereocenters. The van der Waals surface area contributed by atoms with E-state index < -0.39 is 28.5 Å². The number of ketones is 3. The number of para-hydroxylation sites is 1. The lowest BCUT2D eigenvalue weighted by Gasteiger charge is -2.29. The van der Waals surface area contributed by atoms with Gasteiger partial charge in [0.05, 0.1) is 11.1 Å². The van der Waals surface area contributed by atoms with Crippen LogP contribution in [0.4, 0.5) is 5.69 Å². The fourth-order valence-corrected chi connectivity index (χ4v) is 5.54. The molecule has 9 nitrogen and oxygen atoms in total. The maximum absolute atomic E-state index is 13.8. The summed E-state index contributed by atoms with van der Waals surface area (Å²) in [4.78, 5) is 53.8. The van der Waals surface area contributed by atoms with Crippen molar-refractivity contribution in [3.8, 4) is 17.2 Å². The molecule has 0 aromatic heterocycles. The fourth-order valence-electron chi connectivity index (χ4n) is 5.54. The lowest BCUT2D eigenvalue weighted by atomic mass is 9.70. The Labute approximate surface area is 219 Å². The third kappa shape index (κ3) is 3.53. The van der Waals surface area contributed by atoms with Gasteiger partial charge in [-0.15, -0.1) is 0 Å². The summed E-state index contributed by atoms with van der Waals surface area (Å²) in [6.45, 7) is 6.59. The van der Waals surface area contributed by atoms with E-state index in [0.29, 0.717) is 12.2 Å². The van der Waals surface area contributed by atoms with Crippen molar-refractivity contribution >= 4 is 28.9 Å². The lowest BCUT2D eigenvalue weighted by Crippen LogP contribution is -2.41. The van der Waals surface area contributed by atoms with Crippen molar-refractivity contribution in [2.24, 2.45) is 0 Å². The van der Waals surface area contributed by atoms with Gasteiger partial charge < -0.3 is 25.2 Å². The minimum Gasteiger partial charge on any atom is -0.507 e. The van der Waals surface area contributed by atoms with Crippen LogP contribution in [-0.2, 0) is 26.2 Å². The number of fused-ring (bicyclic) bond motifs is 4. The van der Waals surface area contributed by atoms with Gasteiger partial charge in [-0.3, -0.25) is 19.2 Å². The van der Waals surface area contributed by atoms with Crippen molar-refractivity contribution < 1.29 is 34.1 Å². The molecule has 2 aliphatic heterocycles. The van der Waals surface area contributed by atoms with Gasteiger partial charge in [0, 0.05) is 42.5 Å². The van der Waals surface area contributed by atoms with E-state index in [1.165, 1.54) is 26.8 Å². The van der Waals surface area contributed by atoms with Crippen LogP contribution < -0.4 is 15.0 Å². The number of benzene rings is 2. The average molecular weight is 517 g/mol. The van der Waals surface area contributed by atoms with Gasteiger partial charge in [0.2, 0.25) is 5.91 Å². The van der Waals surface area contributed by atoms with Crippen molar-refractivity contribution in [1.29, 1.82) is 0 Å². The number of aromatic hydroxyl groups is 2. The zero-order valence-corrected chi connectivity index (χ0v) is 21.6. The number of phenols is 2. The summed E-state index contributed by atoms with van der Waals surface area (Å²) in [5.41, 5.74) is 0.532. The van der Waals surface area contributed by atoms with Crippen molar-refractivity contribution in [2.75, 3.05) is 18.0 Å². The second-order valence-electron chi connectivity index (χ2n) is 9.99. The van der Waals surface area contributed by atoms with Crippen LogP contribution >= 0.6 is 0 Å². The molecular weight excluding hydrogens is 488 g/mol. The molecule has 1 aliphatic carbocycles. The van der Waals surface area contributed by atoms with Crippen molar-refractivity contribution in [3.63, 3.8) is 0 Å². The van der Waals surface area contributed by atoms with E-state index in [-0.39, 0.29) is 58.4 Å². The predicted molar refractivity (Wildman–Crippen MR) is 138 cm³/mol. The van der Waals surface area contributed by atoms with Crippen LogP contribution in [0, 0.1) is 6.92 Å². The van der Waals surface area contributed by atoms with Gasteiger partial charge in [0.15, 0.2) is 17.3 Å². The highest BCUT2D eigenvalue weighted by atomic mass is 16.5. The smallest absolute Gasteiger partial charge is 0.228 e. The van der Waals surface area contributed by atoms with Gasteiger partial charge in [0.1, 0.15) is 34.0 Å². The van der Waals surface area contributed by atoms with E-state index in [1.807, 2.05) is 24.3 Å². The molecule has 5 rings (SSSR count). The van der Waals surface area contributed by atoms with E-state index in [1.54, 1.807) is 11.8 Å². The second kappa shape index (κ2) is 8.86. The molecule has 0 fully saturated rings. The number of amides is 1. The Balaban J connectivity index is 1.42. The molecule has 0 saturated carbocycles. The van der Waals surface area contributed by atoms with Crippen molar-refractivity contribution in [3.05, 3.63) is 69.6 Å². The van der Waals surface area contributed by atoms with Gasteiger partial charge in [-0.25, -0.2) is 0 Å². The number of carbonyl (C=O) groups excluding carboxylic acids is 4. The molecule has 38 heavy (non-hydrogen) atoms. The number of rotatable bonds is 5. The lowest BCUT2D eigenvalue weighted by molar-refractivity contribution is -0.123. The molecule has 0 saturated heterocycles. The van der Waals surface area contributed by atoms with E-state index in [4.69, 9.17) is 4.74 Å². The second-order valence-corrected chi connectivity index (χ2v) is 9.99. The maximum Gasteiger partial charge on any atom is 0.228 e. The van der Waals surface area contributed by atoms with Gasteiger partial charge >= 0.3 is 0 Å². The Hall–Kier alpha value is -4.40. The SMILES string of the molecule is CC(=O)c1c(O)c(C)c(O)c2c1OC1=CC(=O)/C(=C(/C)NCCC(=O)N3CCc4ccccc43)C(=O)[C@]12C. The van der Waals surface area contributed by atoms with Crippen LogP contribution in [0.2, 0.25) is 0 Å². The van der Waals surface area contributed by atoms with Crippen molar-refractivity contribution in [2.45, 2.75) is 46.0 Å². The van der Waals surface area contributed by atoms with Crippen molar-refractivity contribution in [1.82, 2.24) is 5.32 Å². The zero-order valence-electron chi connectivity index (χ0n) is 21.6. The summed E-state index contributed by atoms with van der Waals surface area (Å²) in [7, 11) is 0. The Morgan fingerprint density at radius 3 is 2.55 bits per heavy atom. The largest absolute Gasteiger partial charge is 0.507 e. The average Bonchev–Trinajstić information content (AvgIpc) is 3.42. The summed E-state index contributed by atoms with van der Waals surface area (Å²) in [5, 5.41) is 24.4. The number of carbonyl (C=O) groups is 4. The Morgan fingerprint density at radius 1 is 1.13 bits per heavy atom. The number of anilines is 1. The van der Waals surface area contributed by atoms with E-state index in [0.717, 1.165) is 17.7 Å². The number of allylic oxidation sites excluding steroid dienone is 4. The molecule has 2 aromatic rings. The topological polar surface area (TPSA) is 133 Å². The first-order chi connectivity index (χ1) is 18.0. The van der Waals surface area contributed by atoms with E-state index in [9.17, 15) is 29.4 Å². The Bertz CT molecular complexity index is 1520. The standard InChI is InChI=1S/C29H28N2O7/c1-14-25(35)23(16(3)32)27-24(26(14)36)29(4)20(38-27)13-19(33)22(28(29)37)15(2)30-11-9-21(34)31-12-10-17-7-5-6-8-18(17)31/h5-8,13,30,35-36H,9-12H2,1-4H3/b22-15+/t29-/m1/s1. The highest BCUT2D eigenvalue weighted by Gasteiger charge is 2.56. The number of hydrogen-bond acceptors (Lipinski definition) is 8. The van der Waals surface area contributed by atoms with Gasteiger partial charge in [-0.1, -0.05) is 18.2 Å². The van der Waals surface area contributed by atoms with Gasteiger partial charge in [-0.2, -0.15) is 0 Å². The fraction of sp³-hybridized carbons (Fsp3) is 0.310. The van der Waals surface area contributed by atoms with Crippen LogP contribution in [0.1, 0.15) is 54.2 Å². The summed E-state index contributed by atoms with van der Waals surface area (Å²) in [6, 6.07) is 7.76. The molecule has 196 valence electrons. The number of nitrogens with zero attached hydrogens (tertiary/aromatic N) is 1. The molecule has 0 bridgehead atoms.